The number of pyridine rings is 1. The molecule has 2 aromatic rings. The number of likely N-dealkylation sites (tertiary alicyclic amines) is 1. The highest BCUT2D eigenvalue weighted by Gasteiger charge is 2.45. The summed E-state index contributed by atoms with van der Waals surface area (Å²) in [7, 11) is 0. The molecule has 1 atom stereocenters. The highest BCUT2D eigenvalue weighted by Crippen LogP contribution is 2.39. The number of halogens is 1. The number of hydrogen-bond acceptors (Lipinski definition) is 5. The molecule has 1 aliphatic rings. The Morgan fingerprint density at radius 3 is 2.31 bits per heavy atom. The quantitative estimate of drug-likeness (QED) is 0.442. The lowest BCUT2D eigenvalue weighted by atomic mass is 9.96. The molecule has 6 nitrogen and oxygen atoms in total. The molecular weight excluding hydrogens is 373 g/mol. The third kappa shape index (κ3) is 4.19. The summed E-state index contributed by atoms with van der Waals surface area (Å²) in [6, 6.07) is 7.89. The third-order valence-electron chi connectivity index (χ3n) is 5.23. The molecule has 7 heteroatoms. The maximum Gasteiger partial charge on any atom is 0.295 e. The fourth-order valence-electron chi connectivity index (χ4n) is 3.56. The number of likely N-dealkylation sites (N-methyl/N-ethyl adjacent to an activating group) is 1. The van der Waals surface area contributed by atoms with Crippen LogP contribution in [-0.2, 0) is 9.59 Å². The predicted molar refractivity (Wildman–Crippen MR) is 107 cm³/mol. The molecule has 3 rings (SSSR count). The molecule has 29 heavy (non-hydrogen) atoms. The maximum absolute atomic E-state index is 13.3. The Bertz CT molecular complexity index is 909. The van der Waals surface area contributed by atoms with Crippen molar-refractivity contribution in [2.24, 2.45) is 0 Å². The van der Waals surface area contributed by atoms with E-state index in [4.69, 9.17) is 0 Å². The van der Waals surface area contributed by atoms with Crippen LogP contribution in [0.25, 0.3) is 5.76 Å². The van der Waals surface area contributed by atoms with Gasteiger partial charge in [0, 0.05) is 31.0 Å². The molecule has 1 unspecified atom stereocenters. The van der Waals surface area contributed by atoms with Gasteiger partial charge in [0.2, 0.25) is 0 Å². The van der Waals surface area contributed by atoms with Crippen LogP contribution in [0.5, 0.6) is 0 Å². The average Bonchev–Trinajstić information content (AvgIpc) is 3.00. The lowest BCUT2D eigenvalue weighted by molar-refractivity contribution is -0.140. The summed E-state index contributed by atoms with van der Waals surface area (Å²) in [5, 5.41) is 10.9. The summed E-state index contributed by atoms with van der Waals surface area (Å²) < 4.78 is 13.3. The summed E-state index contributed by atoms with van der Waals surface area (Å²) in [4.78, 5) is 33.3. The van der Waals surface area contributed by atoms with Crippen LogP contribution in [0.15, 0.2) is 54.4 Å². The van der Waals surface area contributed by atoms with Gasteiger partial charge in [0.1, 0.15) is 11.6 Å². The molecule has 1 aromatic carbocycles. The second kappa shape index (κ2) is 8.96. The molecule has 0 radical (unpaired) electrons. The van der Waals surface area contributed by atoms with E-state index in [1.807, 2.05) is 13.8 Å². The number of nitrogens with zero attached hydrogens (tertiary/aromatic N) is 3. The van der Waals surface area contributed by atoms with Crippen LogP contribution in [0, 0.1) is 5.82 Å². The third-order valence-corrected chi connectivity index (χ3v) is 5.23. The first-order valence-corrected chi connectivity index (χ1v) is 9.64. The number of aliphatic hydroxyl groups excluding tert-OH is 1. The largest absolute Gasteiger partial charge is 0.507 e. The van der Waals surface area contributed by atoms with Gasteiger partial charge in [-0.1, -0.05) is 13.8 Å². The number of amides is 1. The molecule has 1 amide bonds. The van der Waals surface area contributed by atoms with E-state index in [9.17, 15) is 19.1 Å². The van der Waals surface area contributed by atoms with Crippen LogP contribution in [0.2, 0.25) is 0 Å². The molecule has 1 aliphatic heterocycles. The number of benzene rings is 1. The average molecular weight is 397 g/mol. The SMILES string of the molecule is CCN(CC)CCN1C(=O)C(=O)/C(=C(\O)c2ccc(F)cc2)C1c1ccncc1. The molecule has 0 bridgehead atoms. The molecule has 152 valence electrons. The predicted octanol–water partition coefficient (Wildman–Crippen LogP) is 2.98. The van der Waals surface area contributed by atoms with Crippen molar-refractivity contribution in [2.75, 3.05) is 26.2 Å². The van der Waals surface area contributed by atoms with Gasteiger partial charge in [0.15, 0.2) is 0 Å². The fourth-order valence-corrected chi connectivity index (χ4v) is 3.56. The van der Waals surface area contributed by atoms with Gasteiger partial charge in [-0.2, -0.15) is 0 Å². The Labute approximate surface area is 169 Å². The van der Waals surface area contributed by atoms with Gasteiger partial charge in [0.05, 0.1) is 11.6 Å². The Morgan fingerprint density at radius 1 is 1.10 bits per heavy atom. The summed E-state index contributed by atoms with van der Waals surface area (Å²) in [5.74, 6) is -2.15. The molecular formula is C22H24FN3O3. The molecule has 2 heterocycles. The maximum atomic E-state index is 13.3. The highest BCUT2D eigenvalue weighted by atomic mass is 19.1. The zero-order valence-electron chi connectivity index (χ0n) is 16.5. The normalized spacial score (nSPS) is 18.6. The van der Waals surface area contributed by atoms with Crippen LogP contribution < -0.4 is 0 Å². The standard InChI is InChI=1S/C22H24FN3O3/c1-3-25(4-2)13-14-26-19(15-9-11-24-12-10-15)18(21(28)22(26)29)20(27)16-5-7-17(23)8-6-16/h5-12,19,27H,3-4,13-14H2,1-2H3/b20-18-. The van der Waals surface area contributed by atoms with Crippen molar-refractivity contribution < 1.29 is 19.1 Å². The molecule has 0 saturated carbocycles. The van der Waals surface area contributed by atoms with Crippen LogP contribution >= 0.6 is 0 Å². The zero-order chi connectivity index (χ0) is 21.0. The summed E-state index contributed by atoms with van der Waals surface area (Å²) in [6.07, 6.45) is 3.16. The topological polar surface area (TPSA) is 73.7 Å². The van der Waals surface area contributed by atoms with Crippen LogP contribution in [0.3, 0.4) is 0 Å². The van der Waals surface area contributed by atoms with E-state index in [0.29, 0.717) is 18.7 Å². The summed E-state index contributed by atoms with van der Waals surface area (Å²) in [5.41, 5.74) is 0.974. The minimum Gasteiger partial charge on any atom is -0.507 e. The minimum absolute atomic E-state index is 0.00681. The van der Waals surface area contributed by atoms with E-state index >= 15 is 0 Å². The van der Waals surface area contributed by atoms with Crippen molar-refractivity contribution in [3.63, 3.8) is 0 Å². The fraction of sp³-hybridized carbons (Fsp3) is 0.318. The second-order valence-corrected chi connectivity index (χ2v) is 6.81. The van der Waals surface area contributed by atoms with Crippen molar-refractivity contribution in [1.29, 1.82) is 0 Å². The molecule has 1 fully saturated rings. The van der Waals surface area contributed by atoms with E-state index in [1.54, 1.807) is 24.5 Å². The number of carbonyl (C=O) groups excluding carboxylic acids is 2. The van der Waals surface area contributed by atoms with Crippen molar-refractivity contribution in [3.8, 4) is 0 Å². The Hall–Kier alpha value is -3.06. The first-order valence-electron chi connectivity index (χ1n) is 9.64. The number of carbonyl (C=O) groups is 2. The zero-order valence-corrected chi connectivity index (χ0v) is 16.5. The summed E-state index contributed by atoms with van der Waals surface area (Å²) >= 11 is 0. The number of Topliss-reactive ketones (excluding diaryl/α,β-unsaturated/α-hetero) is 1. The van der Waals surface area contributed by atoms with Gasteiger partial charge in [-0.15, -0.1) is 0 Å². The molecule has 0 spiro atoms. The Morgan fingerprint density at radius 2 is 1.72 bits per heavy atom. The van der Waals surface area contributed by atoms with Crippen molar-refractivity contribution >= 4 is 17.4 Å². The van der Waals surface area contributed by atoms with E-state index in [-0.39, 0.29) is 16.9 Å². The monoisotopic (exact) mass is 397 g/mol. The van der Waals surface area contributed by atoms with Gasteiger partial charge < -0.3 is 14.9 Å². The van der Waals surface area contributed by atoms with E-state index < -0.39 is 23.5 Å². The lowest BCUT2D eigenvalue weighted by Gasteiger charge is -2.28. The Balaban J connectivity index is 2.06. The molecule has 1 N–H and O–H groups in total. The number of ketones is 1. The van der Waals surface area contributed by atoms with E-state index in [1.165, 1.54) is 29.2 Å². The van der Waals surface area contributed by atoms with Gasteiger partial charge in [-0.05, 0) is 55.1 Å². The van der Waals surface area contributed by atoms with Crippen molar-refractivity contribution in [3.05, 3.63) is 71.3 Å². The number of aromatic nitrogens is 1. The minimum atomic E-state index is -0.742. The van der Waals surface area contributed by atoms with Gasteiger partial charge in [-0.25, -0.2) is 4.39 Å². The molecule has 1 saturated heterocycles. The van der Waals surface area contributed by atoms with Crippen LogP contribution in [0.1, 0.15) is 31.0 Å². The van der Waals surface area contributed by atoms with Crippen LogP contribution in [-0.4, -0.2) is 57.8 Å². The van der Waals surface area contributed by atoms with E-state index in [0.717, 1.165) is 13.1 Å². The van der Waals surface area contributed by atoms with Crippen LogP contribution in [0.4, 0.5) is 4.39 Å². The van der Waals surface area contributed by atoms with Gasteiger partial charge >= 0.3 is 0 Å². The number of rotatable bonds is 7. The van der Waals surface area contributed by atoms with Gasteiger partial charge in [0.25, 0.3) is 11.7 Å². The Kier molecular flexibility index (Phi) is 6.39. The molecule has 1 aromatic heterocycles. The number of hydrogen-bond donors (Lipinski definition) is 1. The first-order chi connectivity index (χ1) is 14.0. The first kappa shape index (κ1) is 20.7. The van der Waals surface area contributed by atoms with Gasteiger partial charge in [-0.3, -0.25) is 14.6 Å². The molecule has 0 aliphatic carbocycles. The highest BCUT2D eigenvalue weighted by molar-refractivity contribution is 6.46. The number of aliphatic hydroxyl groups is 1. The summed E-state index contributed by atoms with van der Waals surface area (Å²) in [6.45, 7) is 6.68. The van der Waals surface area contributed by atoms with E-state index in [2.05, 4.69) is 9.88 Å². The smallest absolute Gasteiger partial charge is 0.295 e. The lowest BCUT2D eigenvalue weighted by Crippen LogP contribution is -2.38. The van der Waals surface area contributed by atoms with Crippen molar-refractivity contribution in [2.45, 2.75) is 19.9 Å². The second-order valence-electron chi connectivity index (χ2n) is 6.81. The van der Waals surface area contributed by atoms with Crippen molar-refractivity contribution in [1.82, 2.24) is 14.8 Å².